The van der Waals surface area contributed by atoms with Gasteiger partial charge in [0.15, 0.2) is 5.96 Å². The number of hydrogen-bond acceptors (Lipinski definition) is 3. The van der Waals surface area contributed by atoms with E-state index in [9.17, 15) is 0 Å². The Balaban J connectivity index is 1.45. The van der Waals surface area contributed by atoms with E-state index in [1.165, 1.54) is 15.3 Å². The van der Waals surface area contributed by atoms with E-state index >= 15 is 0 Å². The third-order valence-electron chi connectivity index (χ3n) is 3.93. The van der Waals surface area contributed by atoms with Crippen LogP contribution in [-0.2, 0) is 19.4 Å². The molecule has 0 spiro atoms. The van der Waals surface area contributed by atoms with E-state index in [0.717, 1.165) is 37.6 Å². The van der Waals surface area contributed by atoms with Crippen LogP contribution in [0.1, 0.15) is 22.2 Å². The molecule has 1 aromatic heterocycles. The van der Waals surface area contributed by atoms with Crippen LogP contribution in [0.15, 0.2) is 41.4 Å². The van der Waals surface area contributed by atoms with Gasteiger partial charge in [-0.2, -0.15) is 0 Å². The zero-order chi connectivity index (χ0) is 16.1. The third kappa shape index (κ3) is 4.05. The van der Waals surface area contributed by atoms with Crippen LogP contribution in [0.2, 0.25) is 0 Å². The van der Waals surface area contributed by atoms with Crippen LogP contribution in [0.5, 0.6) is 5.75 Å². The minimum atomic E-state index is 0.166. The topological polar surface area (TPSA) is 45.7 Å². The fourth-order valence-electron chi connectivity index (χ4n) is 2.68. The summed E-state index contributed by atoms with van der Waals surface area (Å²) in [6, 6.07) is 12.6. The Hall–Kier alpha value is -2.01. The molecule has 0 amide bonds. The number of nitrogens with zero attached hydrogens (tertiary/aromatic N) is 1. The summed E-state index contributed by atoms with van der Waals surface area (Å²) in [4.78, 5) is 7.03. The van der Waals surface area contributed by atoms with Crippen molar-refractivity contribution in [3.8, 4) is 5.75 Å². The van der Waals surface area contributed by atoms with Crippen LogP contribution >= 0.6 is 11.3 Å². The molecule has 0 radical (unpaired) electrons. The summed E-state index contributed by atoms with van der Waals surface area (Å²) in [5, 5.41) is 6.72. The Morgan fingerprint density at radius 2 is 2.04 bits per heavy atom. The average Bonchev–Trinajstić information content (AvgIpc) is 3.21. The van der Waals surface area contributed by atoms with Gasteiger partial charge >= 0.3 is 0 Å². The molecule has 3 rings (SSSR count). The molecule has 1 aliphatic rings. The number of aliphatic imine (C=N–C) groups is 1. The summed E-state index contributed by atoms with van der Waals surface area (Å²) >= 11 is 1.85. The predicted octanol–water partition coefficient (Wildman–Crippen LogP) is 2.98. The summed E-state index contributed by atoms with van der Waals surface area (Å²) in [5.74, 6) is 1.82. The highest BCUT2D eigenvalue weighted by Gasteiger charge is 2.22. The number of hydrogen-bond donors (Lipinski definition) is 2. The lowest BCUT2D eigenvalue weighted by Crippen LogP contribution is -2.41. The molecule has 0 aliphatic carbocycles. The van der Waals surface area contributed by atoms with E-state index in [4.69, 9.17) is 4.74 Å². The molecule has 2 N–H and O–H groups in total. The molecule has 122 valence electrons. The number of thiophene rings is 1. The quantitative estimate of drug-likeness (QED) is 0.655. The molecule has 1 aromatic carbocycles. The van der Waals surface area contributed by atoms with Crippen LogP contribution in [0.3, 0.4) is 0 Å². The van der Waals surface area contributed by atoms with Gasteiger partial charge in [-0.05, 0) is 30.2 Å². The van der Waals surface area contributed by atoms with Gasteiger partial charge in [0.2, 0.25) is 0 Å². The lowest BCUT2D eigenvalue weighted by molar-refractivity contribution is 0.235. The van der Waals surface area contributed by atoms with Gasteiger partial charge in [0.25, 0.3) is 0 Å². The van der Waals surface area contributed by atoms with Crippen LogP contribution in [0.25, 0.3) is 0 Å². The second kappa shape index (κ2) is 7.51. The van der Waals surface area contributed by atoms with Crippen molar-refractivity contribution >= 4 is 17.3 Å². The smallest absolute Gasteiger partial charge is 0.191 e. The van der Waals surface area contributed by atoms with Crippen molar-refractivity contribution in [2.24, 2.45) is 4.99 Å². The van der Waals surface area contributed by atoms with Crippen molar-refractivity contribution in [3.05, 3.63) is 51.7 Å². The van der Waals surface area contributed by atoms with Gasteiger partial charge in [-0.1, -0.05) is 25.1 Å². The fourth-order valence-corrected chi connectivity index (χ4v) is 3.57. The lowest BCUT2D eigenvalue weighted by atomic mass is 10.1. The van der Waals surface area contributed by atoms with Gasteiger partial charge < -0.3 is 15.4 Å². The Morgan fingerprint density at radius 3 is 2.78 bits per heavy atom. The first-order valence-corrected chi connectivity index (χ1v) is 8.86. The molecule has 1 unspecified atom stereocenters. The summed E-state index contributed by atoms with van der Waals surface area (Å²) in [6.07, 6.45) is 2.21. The van der Waals surface area contributed by atoms with Crippen LogP contribution in [-0.4, -0.2) is 25.7 Å². The summed E-state index contributed by atoms with van der Waals surface area (Å²) in [6.45, 7) is 3.73. The van der Waals surface area contributed by atoms with Crippen molar-refractivity contribution in [1.29, 1.82) is 0 Å². The van der Waals surface area contributed by atoms with Crippen molar-refractivity contribution in [1.82, 2.24) is 10.6 Å². The molecule has 0 bridgehead atoms. The fraction of sp³-hybridized carbons (Fsp3) is 0.389. The normalized spacial score (nSPS) is 16.8. The highest BCUT2D eigenvalue weighted by Crippen LogP contribution is 2.27. The first-order valence-electron chi connectivity index (χ1n) is 8.05. The number of ether oxygens (including phenoxy) is 1. The van der Waals surface area contributed by atoms with Crippen molar-refractivity contribution in [3.63, 3.8) is 0 Å². The van der Waals surface area contributed by atoms with Gasteiger partial charge in [-0.25, -0.2) is 0 Å². The largest absolute Gasteiger partial charge is 0.488 e. The number of aryl methyl sites for hydroxylation is 1. The lowest BCUT2D eigenvalue weighted by Gasteiger charge is -2.15. The molecular formula is C18H23N3OS. The van der Waals surface area contributed by atoms with E-state index in [0.29, 0.717) is 0 Å². The molecule has 0 fully saturated rings. The van der Waals surface area contributed by atoms with Crippen LogP contribution in [0, 0.1) is 0 Å². The molecular weight excluding hydrogens is 306 g/mol. The molecule has 23 heavy (non-hydrogen) atoms. The second-order valence-electron chi connectivity index (χ2n) is 5.58. The van der Waals surface area contributed by atoms with Gasteiger partial charge in [0.1, 0.15) is 11.9 Å². The summed E-state index contributed by atoms with van der Waals surface area (Å²) < 4.78 is 5.94. The van der Waals surface area contributed by atoms with Crippen molar-refractivity contribution < 1.29 is 4.74 Å². The van der Waals surface area contributed by atoms with Crippen LogP contribution < -0.4 is 15.4 Å². The number of fused-ring (bicyclic) bond motifs is 1. The highest BCUT2D eigenvalue weighted by molar-refractivity contribution is 7.11. The monoisotopic (exact) mass is 329 g/mol. The Bertz CT molecular complexity index is 655. The average molecular weight is 329 g/mol. The predicted molar refractivity (Wildman–Crippen MR) is 96.5 cm³/mol. The van der Waals surface area contributed by atoms with Crippen LogP contribution in [0.4, 0.5) is 0 Å². The van der Waals surface area contributed by atoms with E-state index < -0.39 is 0 Å². The first kappa shape index (κ1) is 15.9. The van der Waals surface area contributed by atoms with Crippen molar-refractivity contribution in [2.45, 2.75) is 32.4 Å². The van der Waals surface area contributed by atoms with E-state index in [-0.39, 0.29) is 6.10 Å². The van der Waals surface area contributed by atoms with E-state index in [1.54, 1.807) is 7.05 Å². The maximum absolute atomic E-state index is 5.94. The molecule has 0 saturated carbocycles. The first-order chi connectivity index (χ1) is 11.3. The Kier molecular flexibility index (Phi) is 5.18. The standard InChI is InChI=1S/C18H23N3OS/c1-3-15-8-9-16(23-15)12-21-18(19-2)20-11-14-10-13-6-4-5-7-17(13)22-14/h4-9,14H,3,10-12H2,1-2H3,(H2,19,20,21). The molecule has 1 atom stereocenters. The number of nitrogens with one attached hydrogen (secondary N) is 2. The van der Waals surface area contributed by atoms with E-state index in [1.807, 2.05) is 23.5 Å². The zero-order valence-electron chi connectivity index (χ0n) is 13.6. The van der Waals surface area contributed by atoms with Gasteiger partial charge in [-0.15, -0.1) is 11.3 Å². The Labute approximate surface area is 141 Å². The zero-order valence-corrected chi connectivity index (χ0v) is 14.5. The van der Waals surface area contributed by atoms with Gasteiger partial charge in [0.05, 0.1) is 13.1 Å². The number of rotatable bonds is 5. The number of para-hydroxylation sites is 1. The molecule has 2 aromatic rings. The molecule has 1 aliphatic heterocycles. The Morgan fingerprint density at radius 1 is 1.22 bits per heavy atom. The molecule has 4 nitrogen and oxygen atoms in total. The number of benzene rings is 1. The molecule has 2 heterocycles. The molecule has 0 saturated heterocycles. The molecule has 5 heteroatoms. The minimum Gasteiger partial charge on any atom is -0.488 e. The van der Waals surface area contributed by atoms with Gasteiger partial charge in [-0.3, -0.25) is 4.99 Å². The number of guanidine groups is 1. The summed E-state index contributed by atoms with van der Waals surface area (Å²) in [7, 11) is 1.80. The highest BCUT2D eigenvalue weighted by atomic mass is 32.1. The van der Waals surface area contributed by atoms with E-state index in [2.05, 4.69) is 46.8 Å². The maximum Gasteiger partial charge on any atom is 0.191 e. The third-order valence-corrected chi connectivity index (χ3v) is 5.16. The summed E-state index contributed by atoms with van der Waals surface area (Å²) in [5.41, 5.74) is 1.29. The SMILES string of the molecule is CCc1ccc(CNC(=NC)NCC2Cc3ccccc3O2)s1. The van der Waals surface area contributed by atoms with Gasteiger partial charge in [0, 0.05) is 23.2 Å². The maximum atomic E-state index is 5.94. The minimum absolute atomic E-state index is 0.166. The van der Waals surface area contributed by atoms with Crippen molar-refractivity contribution in [2.75, 3.05) is 13.6 Å². The second-order valence-corrected chi connectivity index (χ2v) is 6.83.